The number of hydrogen-bond donors (Lipinski definition) is 0. The van der Waals surface area contributed by atoms with Gasteiger partial charge in [0, 0.05) is 13.1 Å². The quantitative estimate of drug-likeness (QED) is 0.733. The fraction of sp³-hybridized carbons (Fsp3) is 0.545. The highest BCUT2D eigenvalue weighted by molar-refractivity contribution is 7.12. The Kier molecular flexibility index (Phi) is 4.66. The van der Waals surface area contributed by atoms with Crippen LogP contribution in [0.3, 0.4) is 0 Å². The third kappa shape index (κ3) is 2.84. The van der Waals surface area contributed by atoms with Crippen LogP contribution in [0, 0.1) is 0 Å². The van der Waals surface area contributed by atoms with E-state index in [4.69, 9.17) is 0 Å². The van der Waals surface area contributed by atoms with Crippen LogP contribution in [0.4, 0.5) is 0 Å². The number of carbonyl (C=O) groups excluding carboxylic acids is 1. The highest BCUT2D eigenvalue weighted by Gasteiger charge is 2.14. The molecule has 1 heterocycles. The van der Waals surface area contributed by atoms with Crippen molar-refractivity contribution in [2.45, 2.75) is 26.7 Å². The van der Waals surface area contributed by atoms with Gasteiger partial charge in [-0.2, -0.15) is 0 Å². The van der Waals surface area contributed by atoms with Gasteiger partial charge < -0.3 is 4.90 Å². The first kappa shape index (κ1) is 11.2. The van der Waals surface area contributed by atoms with Gasteiger partial charge >= 0.3 is 0 Å². The van der Waals surface area contributed by atoms with Crippen LogP contribution in [0.15, 0.2) is 17.5 Å². The molecule has 78 valence electrons. The molecule has 0 spiro atoms. The molecule has 3 heteroatoms. The lowest BCUT2D eigenvalue weighted by Gasteiger charge is -2.20. The monoisotopic (exact) mass is 211 g/mol. The Labute approximate surface area is 89.5 Å². The second-order valence-corrected chi connectivity index (χ2v) is 4.22. The zero-order valence-electron chi connectivity index (χ0n) is 8.82. The minimum Gasteiger partial charge on any atom is -0.338 e. The first-order valence-corrected chi connectivity index (χ1v) is 6.00. The van der Waals surface area contributed by atoms with E-state index in [9.17, 15) is 4.79 Å². The Bertz CT molecular complexity index is 263. The fourth-order valence-electron chi connectivity index (χ4n) is 1.41. The maximum absolute atomic E-state index is 11.9. The van der Waals surface area contributed by atoms with E-state index < -0.39 is 0 Å². The lowest BCUT2D eigenvalue weighted by atomic mass is 10.3. The van der Waals surface area contributed by atoms with Crippen molar-refractivity contribution in [2.24, 2.45) is 0 Å². The largest absolute Gasteiger partial charge is 0.338 e. The van der Waals surface area contributed by atoms with Gasteiger partial charge in [0.15, 0.2) is 0 Å². The molecule has 0 N–H and O–H groups in total. The lowest BCUT2D eigenvalue weighted by molar-refractivity contribution is 0.0760. The van der Waals surface area contributed by atoms with Gasteiger partial charge in [-0.15, -0.1) is 11.3 Å². The molecule has 1 aromatic heterocycles. The Morgan fingerprint density at radius 2 is 2.00 bits per heavy atom. The minimum atomic E-state index is 0.184. The topological polar surface area (TPSA) is 20.3 Å². The Hall–Kier alpha value is -0.830. The lowest BCUT2D eigenvalue weighted by Crippen LogP contribution is -2.31. The predicted octanol–water partition coefficient (Wildman–Crippen LogP) is 3.01. The van der Waals surface area contributed by atoms with Crippen molar-refractivity contribution in [3.63, 3.8) is 0 Å². The molecule has 0 saturated carbocycles. The Morgan fingerprint density at radius 3 is 2.43 bits per heavy atom. The van der Waals surface area contributed by atoms with E-state index in [1.807, 2.05) is 22.4 Å². The summed E-state index contributed by atoms with van der Waals surface area (Å²) in [6.07, 6.45) is 2.05. The molecule has 1 aromatic rings. The molecule has 14 heavy (non-hydrogen) atoms. The molecule has 0 atom stereocenters. The number of rotatable bonds is 5. The van der Waals surface area contributed by atoms with E-state index in [-0.39, 0.29) is 5.91 Å². The number of hydrogen-bond acceptors (Lipinski definition) is 2. The summed E-state index contributed by atoms with van der Waals surface area (Å²) in [5.74, 6) is 0.184. The van der Waals surface area contributed by atoms with E-state index in [0.717, 1.165) is 30.8 Å². The molecule has 0 fully saturated rings. The maximum atomic E-state index is 11.9. The predicted molar refractivity (Wildman–Crippen MR) is 60.8 cm³/mol. The number of amides is 1. The minimum absolute atomic E-state index is 0.184. The van der Waals surface area contributed by atoms with E-state index in [2.05, 4.69) is 13.8 Å². The van der Waals surface area contributed by atoms with Crippen molar-refractivity contribution in [1.82, 2.24) is 4.90 Å². The molecule has 0 unspecified atom stereocenters. The van der Waals surface area contributed by atoms with Crippen LogP contribution in [0.2, 0.25) is 0 Å². The molecular weight excluding hydrogens is 194 g/mol. The van der Waals surface area contributed by atoms with Crippen LogP contribution in [-0.4, -0.2) is 23.9 Å². The van der Waals surface area contributed by atoms with Crippen LogP contribution >= 0.6 is 11.3 Å². The summed E-state index contributed by atoms with van der Waals surface area (Å²) in [7, 11) is 0. The molecule has 0 saturated heterocycles. The zero-order chi connectivity index (χ0) is 10.4. The first-order valence-electron chi connectivity index (χ1n) is 5.12. The maximum Gasteiger partial charge on any atom is 0.263 e. The first-order chi connectivity index (χ1) is 6.79. The second-order valence-electron chi connectivity index (χ2n) is 3.27. The molecule has 0 aliphatic carbocycles. The van der Waals surface area contributed by atoms with Crippen LogP contribution in [0.5, 0.6) is 0 Å². The van der Waals surface area contributed by atoms with E-state index in [1.165, 1.54) is 11.3 Å². The molecule has 0 aliphatic rings. The molecule has 1 amide bonds. The fourth-order valence-corrected chi connectivity index (χ4v) is 2.10. The van der Waals surface area contributed by atoms with Gasteiger partial charge in [-0.25, -0.2) is 0 Å². The third-order valence-corrected chi connectivity index (χ3v) is 2.86. The summed E-state index contributed by atoms with van der Waals surface area (Å²) in [5.41, 5.74) is 0. The summed E-state index contributed by atoms with van der Waals surface area (Å²) in [6, 6.07) is 3.82. The number of thiophene rings is 1. The van der Waals surface area contributed by atoms with Gasteiger partial charge in [-0.1, -0.05) is 19.9 Å². The van der Waals surface area contributed by atoms with Crippen molar-refractivity contribution in [2.75, 3.05) is 13.1 Å². The summed E-state index contributed by atoms with van der Waals surface area (Å²) in [6.45, 7) is 5.93. The van der Waals surface area contributed by atoms with Gasteiger partial charge in [0.05, 0.1) is 4.88 Å². The second kappa shape index (κ2) is 5.81. The molecule has 0 bridgehead atoms. The molecular formula is C11H17NOS. The molecule has 0 aliphatic heterocycles. The SMILES string of the molecule is CCCN(CCC)C(=O)c1cccs1. The van der Waals surface area contributed by atoms with Gasteiger partial charge in [-0.3, -0.25) is 4.79 Å². The summed E-state index contributed by atoms with van der Waals surface area (Å²) >= 11 is 1.52. The normalized spacial score (nSPS) is 10.1. The van der Waals surface area contributed by atoms with E-state index >= 15 is 0 Å². The van der Waals surface area contributed by atoms with Gasteiger partial charge in [-0.05, 0) is 24.3 Å². The van der Waals surface area contributed by atoms with Crippen molar-refractivity contribution in [3.05, 3.63) is 22.4 Å². The Morgan fingerprint density at radius 1 is 1.36 bits per heavy atom. The van der Waals surface area contributed by atoms with Crippen LogP contribution in [0.25, 0.3) is 0 Å². The number of nitrogens with zero attached hydrogens (tertiary/aromatic N) is 1. The molecule has 0 aromatic carbocycles. The summed E-state index contributed by atoms with van der Waals surface area (Å²) < 4.78 is 0. The van der Waals surface area contributed by atoms with Gasteiger partial charge in [0.1, 0.15) is 0 Å². The van der Waals surface area contributed by atoms with E-state index in [0.29, 0.717) is 0 Å². The standard InChI is InChI=1S/C11H17NOS/c1-3-7-12(8-4-2)11(13)10-6-5-9-14-10/h5-6,9H,3-4,7-8H2,1-2H3. The van der Waals surface area contributed by atoms with Crippen molar-refractivity contribution in [3.8, 4) is 0 Å². The summed E-state index contributed by atoms with van der Waals surface area (Å²) in [4.78, 5) is 14.7. The smallest absolute Gasteiger partial charge is 0.263 e. The van der Waals surface area contributed by atoms with Gasteiger partial charge in [0.2, 0.25) is 0 Å². The highest BCUT2D eigenvalue weighted by Crippen LogP contribution is 2.12. The molecule has 1 rings (SSSR count). The molecule has 2 nitrogen and oxygen atoms in total. The third-order valence-electron chi connectivity index (χ3n) is 2.01. The highest BCUT2D eigenvalue weighted by atomic mass is 32.1. The van der Waals surface area contributed by atoms with Crippen LogP contribution < -0.4 is 0 Å². The Balaban J connectivity index is 2.63. The van der Waals surface area contributed by atoms with Crippen LogP contribution in [-0.2, 0) is 0 Å². The van der Waals surface area contributed by atoms with Crippen LogP contribution in [0.1, 0.15) is 36.4 Å². The average Bonchev–Trinajstić information content (AvgIpc) is 2.69. The van der Waals surface area contributed by atoms with Gasteiger partial charge in [0.25, 0.3) is 5.91 Å². The average molecular weight is 211 g/mol. The van der Waals surface area contributed by atoms with Crippen molar-refractivity contribution < 1.29 is 4.79 Å². The van der Waals surface area contributed by atoms with E-state index in [1.54, 1.807) is 0 Å². The summed E-state index contributed by atoms with van der Waals surface area (Å²) in [5, 5.41) is 1.95. The van der Waals surface area contributed by atoms with Crippen molar-refractivity contribution in [1.29, 1.82) is 0 Å². The number of carbonyl (C=O) groups is 1. The molecule has 0 radical (unpaired) electrons. The zero-order valence-corrected chi connectivity index (χ0v) is 9.64. The van der Waals surface area contributed by atoms with Crippen molar-refractivity contribution >= 4 is 17.2 Å².